The van der Waals surface area contributed by atoms with Gasteiger partial charge in [-0.15, -0.1) is 0 Å². The van der Waals surface area contributed by atoms with Gasteiger partial charge >= 0.3 is 6.03 Å². The van der Waals surface area contributed by atoms with Crippen molar-refractivity contribution in [2.75, 3.05) is 19.6 Å². The van der Waals surface area contributed by atoms with Gasteiger partial charge in [-0.2, -0.15) is 0 Å². The van der Waals surface area contributed by atoms with Crippen molar-refractivity contribution in [1.82, 2.24) is 20.1 Å². The first-order valence-corrected chi connectivity index (χ1v) is 15.1. The highest BCUT2D eigenvalue weighted by Crippen LogP contribution is 2.38. The predicted molar refractivity (Wildman–Crippen MR) is 167 cm³/mol. The molecule has 2 aromatic carbocycles. The molecule has 5 rings (SSSR count). The summed E-state index contributed by atoms with van der Waals surface area (Å²) in [5.41, 5.74) is 4.95. The van der Waals surface area contributed by atoms with Gasteiger partial charge in [-0.05, 0) is 87.6 Å². The van der Waals surface area contributed by atoms with Gasteiger partial charge in [0.15, 0.2) is 0 Å². The molecule has 0 saturated carbocycles. The molecule has 2 aliphatic heterocycles. The number of aliphatic hydroxyl groups is 1. The fourth-order valence-corrected chi connectivity index (χ4v) is 5.83. The summed E-state index contributed by atoms with van der Waals surface area (Å²) >= 11 is 6.10. The van der Waals surface area contributed by atoms with Crippen molar-refractivity contribution in [1.29, 1.82) is 0 Å². The molecule has 1 unspecified atom stereocenters. The van der Waals surface area contributed by atoms with Crippen molar-refractivity contribution in [2.24, 2.45) is 0 Å². The van der Waals surface area contributed by atoms with Crippen LogP contribution in [0.25, 0.3) is 5.57 Å². The molecule has 8 heteroatoms. The van der Waals surface area contributed by atoms with Crippen LogP contribution >= 0.6 is 11.6 Å². The maximum absolute atomic E-state index is 13.2. The number of ether oxygens (including phenoxy) is 1. The second kappa shape index (κ2) is 12.9. The van der Waals surface area contributed by atoms with E-state index in [9.17, 15) is 9.90 Å². The summed E-state index contributed by atoms with van der Waals surface area (Å²) < 4.78 is 6.15. The zero-order valence-corrected chi connectivity index (χ0v) is 25.7. The zero-order valence-electron chi connectivity index (χ0n) is 24.9. The number of carbonyl (C=O) groups excluding carboxylic acids is 1. The minimum atomic E-state index is -0.964. The Balaban J connectivity index is 1.33. The van der Waals surface area contributed by atoms with Gasteiger partial charge in [-0.1, -0.05) is 41.9 Å². The number of nitrogens with zero attached hydrogens (tertiary/aromatic N) is 3. The van der Waals surface area contributed by atoms with Crippen molar-refractivity contribution in [3.05, 3.63) is 99.8 Å². The molecule has 7 nitrogen and oxygen atoms in total. The predicted octanol–water partition coefficient (Wildman–Crippen LogP) is 6.37. The summed E-state index contributed by atoms with van der Waals surface area (Å²) in [6.45, 7) is 11.1. The van der Waals surface area contributed by atoms with Crippen molar-refractivity contribution in [3.63, 3.8) is 0 Å². The maximum Gasteiger partial charge on any atom is 0.318 e. The number of benzene rings is 2. The number of amides is 2. The van der Waals surface area contributed by atoms with E-state index >= 15 is 0 Å². The molecule has 2 N–H and O–H groups in total. The fraction of sp³-hybridized carbons (Fsp3) is 0.412. The van der Waals surface area contributed by atoms with E-state index < -0.39 is 5.60 Å². The molecule has 0 aliphatic carbocycles. The number of aromatic nitrogens is 1. The summed E-state index contributed by atoms with van der Waals surface area (Å²) in [6, 6.07) is 17.8. The highest BCUT2D eigenvalue weighted by Gasteiger charge is 2.31. The highest BCUT2D eigenvalue weighted by molar-refractivity contribution is 6.30. The number of hydrogen-bond acceptors (Lipinski definition) is 5. The number of urea groups is 1. The molecule has 1 saturated heterocycles. The number of carbonyl (C=O) groups is 1. The largest absolute Gasteiger partial charge is 0.487 e. The normalized spacial score (nSPS) is 17.9. The molecule has 1 aromatic heterocycles. The second-order valence-corrected chi connectivity index (χ2v) is 12.5. The number of nitrogens with one attached hydrogen (secondary N) is 1. The minimum Gasteiger partial charge on any atom is -0.487 e. The number of likely N-dealkylation sites (tertiary alicyclic amines) is 1. The average molecular weight is 589 g/mol. The zero-order chi connectivity index (χ0) is 29.9. The number of hydrogen-bond donors (Lipinski definition) is 2. The SMILES string of the molecule is CC(C)NC(=O)N(Cc1ccc(Cl)cc1)C1CCN(CC/C=C2\c3cc(C(C)(C)O)ccc3OCc3ncccc32)C1. The van der Waals surface area contributed by atoms with E-state index in [1.54, 1.807) is 20.0 Å². The molecule has 2 amide bonds. The third kappa shape index (κ3) is 7.14. The smallest absolute Gasteiger partial charge is 0.318 e. The van der Waals surface area contributed by atoms with Gasteiger partial charge in [0.25, 0.3) is 0 Å². The molecular formula is C34H41ClN4O3. The Hall–Kier alpha value is -3.39. The van der Waals surface area contributed by atoms with E-state index in [1.165, 1.54) is 0 Å². The monoisotopic (exact) mass is 588 g/mol. The van der Waals surface area contributed by atoms with Crippen molar-refractivity contribution >= 4 is 23.2 Å². The lowest BCUT2D eigenvalue weighted by atomic mass is 9.90. The molecule has 0 bridgehead atoms. The first kappa shape index (κ1) is 30.1. The van der Waals surface area contributed by atoms with Crippen LogP contribution in [0.5, 0.6) is 5.75 Å². The van der Waals surface area contributed by atoms with Gasteiger partial charge < -0.3 is 25.0 Å². The van der Waals surface area contributed by atoms with E-state index in [-0.39, 0.29) is 18.1 Å². The van der Waals surface area contributed by atoms with Gasteiger partial charge in [0, 0.05) is 60.6 Å². The third-order valence-electron chi connectivity index (χ3n) is 7.94. The van der Waals surface area contributed by atoms with Crippen LogP contribution in [-0.4, -0.2) is 57.6 Å². The Bertz CT molecular complexity index is 1430. The first-order valence-electron chi connectivity index (χ1n) is 14.8. The van der Waals surface area contributed by atoms with Gasteiger partial charge in [0.1, 0.15) is 12.4 Å². The summed E-state index contributed by atoms with van der Waals surface area (Å²) in [4.78, 5) is 22.2. The topological polar surface area (TPSA) is 77.9 Å². The van der Waals surface area contributed by atoms with E-state index in [2.05, 4.69) is 27.3 Å². The second-order valence-electron chi connectivity index (χ2n) is 12.1. The number of halogens is 1. The first-order chi connectivity index (χ1) is 20.1. The van der Waals surface area contributed by atoms with Gasteiger partial charge in [-0.25, -0.2) is 4.79 Å². The quantitative estimate of drug-likeness (QED) is 0.320. The van der Waals surface area contributed by atoms with Crippen LogP contribution in [0.3, 0.4) is 0 Å². The lowest BCUT2D eigenvalue weighted by molar-refractivity contribution is 0.0785. The molecule has 1 atom stereocenters. The van der Waals surface area contributed by atoms with E-state index in [0.717, 1.165) is 71.7 Å². The molecule has 2 aliphatic rings. The molecule has 0 radical (unpaired) electrons. The molecule has 3 heterocycles. The number of pyridine rings is 1. The Morgan fingerprint density at radius 2 is 2.00 bits per heavy atom. The molecule has 222 valence electrons. The van der Waals surface area contributed by atoms with Crippen LogP contribution < -0.4 is 10.1 Å². The molecule has 3 aromatic rings. The van der Waals surface area contributed by atoms with E-state index in [4.69, 9.17) is 16.3 Å². The van der Waals surface area contributed by atoms with Crippen molar-refractivity contribution < 1.29 is 14.6 Å². The van der Waals surface area contributed by atoms with Crippen LogP contribution in [0, 0.1) is 0 Å². The van der Waals surface area contributed by atoms with E-state index in [1.807, 2.05) is 67.3 Å². The van der Waals surface area contributed by atoms with Gasteiger partial charge in [0.05, 0.1) is 11.3 Å². The Labute approximate surface area is 254 Å². The number of rotatable bonds is 8. The summed E-state index contributed by atoms with van der Waals surface area (Å²) in [5, 5.41) is 14.5. The van der Waals surface area contributed by atoms with Crippen molar-refractivity contribution in [2.45, 2.75) is 71.4 Å². The third-order valence-corrected chi connectivity index (χ3v) is 8.19. The standard InChI is InChI=1S/C34H41ClN4O3/c1-23(2)37-33(40)39(20-24-9-12-26(35)13-10-24)27-15-18-38(21-27)17-6-8-28-29-7-5-16-36-31(29)22-42-32-14-11-25(19-30(28)32)34(3,4)41/h5,7-14,16,19,23,27,41H,6,15,17-18,20-22H2,1-4H3,(H,37,40)/b28-8-. The van der Waals surface area contributed by atoms with Gasteiger partial charge in [0.2, 0.25) is 0 Å². The Kier molecular flexibility index (Phi) is 9.21. The summed E-state index contributed by atoms with van der Waals surface area (Å²) in [7, 11) is 0. The van der Waals surface area contributed by atoms with Crippen LogP contribution in [0.15, 0.2) is 66.9 Å². The molecular weight excluding hydrogens is 548 g/mol. The lowest BCUT2D eigenvalue weighted by Gasteiger charge is -2.30. The molecule has 0 spiro atoms. The molecule has 1 fully saturated rings. The van der Waals surface area contributed by atoms with Crippen LogP contribution in [0.4, 0.5) is 4.79 Å². The summed E-state index contributed by atoms with van der Waals surface area (Å²) in [6.07, 6.45) is 5.83. The highest BCUT2D eigenvalue weighted by atomic mass is 35.5. The maximum atomic E-state index is 13.2. The van der Waals surface area contributed by atoms with Crippen molar-refractivity contribution in [3.8, 4) is 5.75 Å². The van der Waals surface area contributed by atoms with Gasteiger partial charge in [-0.3, -0.25) is 4.98 Å². The average Bonchev–Trinajstić information content (AvgIpc) is 3.35. The molecule has 42 heavy (non-hydrogen) atoms. The Morgan fingerprint density at radius 3 is 2.74 bits per heavy atom. The van der Waals surface area contributed by atoms with E-state index in [0.29, 0.717) is 18.2 Å². The summed E-state index contributed by atoms with van der Waals surface area (Å²) in [5.74, 6) is 0.794. The fourth-order valence-electron chi connectivity index (χ4n) is 5.70. The Morgan fingerprint density at radius 1 is 1.21 bits per heavy atom. The lowest BCUT2D eigenvalue weighted by Crippen LogP contribution is -2.48. The number of fused-ring (bicyclic) bond motifs is 2. The van der Waals surface area contributed by atoms with Crippen LogP contribution in [0.1, 0.15) is 68.5 Å². The van der Waals surface area contributed by atoms with Crippen LogP contribution in [-0.2, 0) is 18.8 Å². The minimum absolute atomic E-state index is 0.0318. The van der Waals surface area contributed by atoms with Crippen LogP contribution in [0.2, 0.25) is 5.02 Å².